The Morgan fingerprint density at radius 1 is 0.773 bits per heavy atom. The average molecular weight is 310 g/mol. The molecule has 0 saturated heterocycles. The van der Waals surface area contributed by atoms with Crippen LogP contribution in [-0.2, 0) is 0 Å². The molecule has 0 atom stereocenters. The van der Waals surface area contributed by atoms with Crippen LogP contribution in [-0.4, -0.2) is 34.6 Å². The van der Waals surface area contributed by atoms with E-state index in [1.807, 2.05) is 52.0 Å². The molecule has 0 spiro atoms. The van der Waals surface area contributed by atoms with Gasteiger partial charge in [0.2, 0.25) is 0 Å². The van der Waals surface area contributed by atoms with Gasteiger partial charge in [0.1, 0.15) is 22.7 Å². The van der Waals surface area contributed by atoms with Crippen molar-refractivity contribution in [1.82, 2.24) is 0 Å². The van der Waals surface area contributed by atoms with Crippen LogP contribution in [0.5, 0.6) is 11.5 Å². The molecule has 0 bridgehead atoms. The van der Waals surface area contributed by atoms with E-state index < -0.39 is 11.2 Å². The zero-order valence-electron chi connectivity index (χ0n) is 14.3. The molecule has 0 unspecified atom stereocenters. The molecule has 1 rings (SSSR count). The second-order valence-electron chi connectivity index (χ2n) is 5.78. The van der Waals surface area contributed by atoms with Crippen molar-refractivity contribution < 1.29 is 19.7 Å². The molecular weight excluding hydrogens is 280 g/mol. The Hall–Kier alpha value is -1.26. The Morgan fingerprint density at radius 3 is 1.41 bits per heavy atom. The molecule has 0 heterocycles. The van der Waals surface area contributed by atoms with E-state index in [0.29, 0.717) is 11.5 Å². The summed E-state index contributed by atoms with van der Waals surface area (Å²) in [5, 5.41) is 19.2. The highest BCUT2D eigenvalue weighted by Crippen LogP contribution is 2.30. The topological polar surface area (TPSA) is 58.9 Å². The predicted molar refractivity (Wildman–Crippen MR) is 88.5 cm³/mol. The fourth-order valence-electron chi connectivity index (χ4n) is 2.40. The van der Waals surface area contributed by atoms with Gasteiger partial charge in [-0.15, -0.1) is 0 Å². The summed E-state index contributed by atoms with van der Waals surface area (Å²) in [7, 11) is 0. The lowest BCUT2D eigenvalue weighted by Gasteiger charge is -2.32. The number of aliphatic hydroxyl groups excluding tert-OH is 2. The maximum atomic E-state index is 9.62. The van der Waals surface area contributed by atoms with Crippen molar-refractivity contribution in [3.63, 3.8) is 0 Å². The van der Waals surface area contributed by atoms with E-state index in [-0.39, 0.29) is 13.2 Å². The largest absolute Gasteiger partial charge is 0.485 e. The third-order valence-corrected chi connectivity index (χ3v) is 4.63. The minimum Gasteiger partial charge on any atom is -0.485 e. The van der Waals surface area contributed by atoms with Gasteiger partial charge in [0.05, 0.1) is 13.2 Å². The zero-order chi connectivity index (χ0) is 16.6. The van der Waals surface area contributed by atoms with Gasteiger partial charge in [-0.2, -0.15) is 0 Å². The first kappa shape index (κ1) is 18.8. The third kappa shape index (κ3) is 4.37. The molecule has 1 aromatic carbocycles. The minimum absolute atomic E-state index is 0.0183. The normalized spacial score (nSPS) is 12.3. The smallest absolute Gasteiger partial charge is 0.131 e. The van der Waals surface area contributed by atoms with Crippen LogP contribution in [0.3, 0.4) is 0 Å². The highest BCUT2D eigenvalue weighted by Gasteiger charge is 2.29. The van der Waals surface area contributed by atoms with Crippen molar-refractivity contribution in [1.29, 1.82) is 0 Å². The summed E-state index contributed by atoms with van der Waals surface area (Å²) >= 11 is 0. The maximum absolute atomic E-state index is 9.62. The van der Waals surface area contributed by atoms with Crippen LogP contribution in [0.1, 0.15) is 53.4 Å². The summed E-state index contributed by atoms with van der Waals surface area (Å²) in [5.41, 5.74) is -1.11. The standard InChI is InChI=1S/C18H30O4/c1-5-17(6-2,13-19)21-15-10-9-11-16(12-15)22-18(7-3,8-4)14-20/h9-12,19-20H,5-8,13-14H2,1-4H3. The molecule has 0 amide bonds. The number of ether oxygens (including phenoxy) is 2. The van der Waals surface area contributed by atoms with Crippen molar-refractivity contribution >= 4 is 0 Å². The molecule has 2 N–H and O–H groups in total. The lowest BCUT2D eigenvalue weighted by atomic mass is 9.98. The van der Waals surface area contributed by atoms with Crippen molar-refractivity contribution in [2.45, 2.75) is 64.6 Å². The molecule has 4 nitrogen and oxygen atoms in total. The van der Waals surface area contributed by atoms with Crippen molar-refractivity contribution in [2.24, 2.45) is 0 Å². The minimum atomic E-state index is -0.553. The van der Waals surface area contributed by atoms with Crippen LogP contribution in [0, 0.1) is 0 Å². The van der Waals surface area contributed by atoms with Crippen molar-refractivity contribution in [2.75, 3.05) is 13.2 Å². The molecule has 0 fully saturated rings. The Balaban J connectivity index is 2.95. The van der Waals surface area contributed by atoms with Crippen LogP contribution in [0.25, 0.3) is 0 Å². The summed E-state index contributed by atoms with van der Waals surface area (Å²) < 4.78 is 12.0. The number of benzene rings is 1. The quantitative estimate of drug-likeness (QED) is 0.694. The van der Waals surface area contributed by atoms with Crippen molar-refractivity contribution in [3.8, 4) is 11.5 Å². The second kappa shape index (κ2) is 8.39. The van der Waals surface area contributed by atoms with E-state index >= 15 is 0 Å². The molecule has 22 heavy (non-hydrogen) atoms. The van der Waals surface area contributed by atoms with Gasteiger partial charge in [-0.25, -0.2) is 0 Å². The third-order valence-electron chi connectivity index (χ3n) is 4.63. The van der Waals surface area contributed by atoms with Gasteiger partial charge in [-0.3, -0.25) is 0 Å². The van der Waals surface area contributed by atoms with Gasteiger partial charge in [-0.1, -0.05) is 33.8 Å². The highest BCUT2D eigenvalue weighted by atomic mass is 16.5. The molecule has 0 aromatic heterocycles. The lowest BCUT2D eigenvalue weighted by Crippen LogP contribution is -2.39. The number of hydrogen-bond donors (Lipinski definition) is 2. The SMILES string of the molecule is CCC(CC)(CO)Oc1cccc(OC(CC)(CC)CO)c1. The molecular formula is C18H30O4. The van der Waals surface area contributed by atoms with Gasteiger partial charge >= 0.3 is 0 Å². The predicted octanol–water partition coefficient (Wildman–Crippen LogP) is 3.55. The molecule has 0 aliphatic carbocycles. The highest BCUT2D eigenvalue weighted by molar-refractivity contribution is 5.34. The van der Waals surface area contributed by atoms with E-state index in [0.717, 1.165) is 25.7 Å². The molecule has 4 heteroatoms. The van der Waals surface area contributed by atoms with Gasteiger partial charge in [0, 0.05) is 6.07 Å². The molecule has 126 valence electrons. The van der Waals surface area contributed by atoms with E-state index in [2.05, 4.69) is 0 Å². The molecule has 0 saturated carbocycles. The summed E-state index contributed by atoms with van der Waals surface area (Å²) in [6.45, 7) is 7.98. The lowest BCUT2D eigenvalue weighted by molar-refractivity contribution is -0.00293. The number of rotatable bonds is 10. The number of aliphatic hydroxyl groups is 2. The van der Waals surface area contributed by atoms with Crippen LogP contribution in [0.2, 0.25) is 0 Å². The van der Waals surface area contributed by atoms with E-state index in [4.69, 9.17) is 9.47 Å². The summed E-state index contributed by atoms with van der Waals surface area (Å²) in [4.78, 5) is 0. The van der Waals surface area contributed by atoms with E-state index in [1.54, 1.807) is 0 Å². The van der Waals surface area contributed by atoms with E-state index in [1.165, 1.54) is 0 Å². The van der Waals surface area contributed by atoms with Gasteiger partial charge in [-0.05, 0) is 37.8 Å². The first-order chi connectivity index (χ1) is 10.5. The first-order valence-electron chi connectivity index (χ1n) is 8.22. The monoisotopic (exact) mass is 310 g/mol. The van der Waals surface area contributed by atoms with Crippen LogP contribution < -0.4 is 9.47 Å². The summed E-state index contributed by atoms with van der Waals surface area (Å²) in [5.74, 6) is 1.35. The van der Waals surface area contributed by atoms with Crippen LogP contribution in [0.15, 0.2) is 24.3 Å². The molecule has 0 radical (unpaired) electrons. The Labute approximate surface area is 134 Å². The zero-order valence-corrected chi connectivity index (χ0v) is 14.3. The van der Waals surface area contributed by atoms with Gasteiger partial charge in [0.15, 0.2) is 0 Å². The van der Waals surface area contributed by atoms with Gasteiger partial charge < -0.3 is 19.7 Å². The molecule has 0 aliphatic rings. The van der Waals surface area contributed by atoms with Gasteiger partial charge in [0.25, 0.3) is 0 Å². The van der Waals surface area contributed by atoms with Crippen molar-refractivity contribution in [3.05, 3.63) is 24.3 Å². The molecule has 1 aromatic rings. The second-order valence-corrected chi connectivity index (χ2v) is 5.78. The van der Waals surface area contributed by atoms with Crippen LogP contribution >= 0.6 is 0 Å². The van der Waals surface area contributed by atoms with Crippen LogP contribution in [0.4, 0.5) is 0 Å². The Kier molecular flexibility index (Phi) is 7.17. The van der Waals surface area contributed by atoms with E-state index in [9.17, 15) is 10.2 Å². The Bertz CT molecular complexity index is 383. The maximum Gasteiger partial charge on any atom is 0.131 e. The first-order valence-corrected chi connectivity index (χ1v) is 8.22. The fourth-order valence-corrected chi connectivity index (χ4v) is 2.40. The summed E-state index contributed by atoms with van der Waals surface area (Å²) in [6.07, 6.45) is 2.93. The molecule has 0 aliphatic heterocycles. The average Bonchev–Trinajstić information content (AvgIpc) is 2.58. The fraction of sp³-hybridized carbons (Fsp3) is 0.667. The summed E-state index contributed by atoms with van der Waals surface area (Å²) in [6, 6.07) is 7.42. The Morgan fingerprint density at radius 2 is 1.14 bits per heavy atom. The number of hydrogen-bond acceptors (Lipinski definition) is 4.